The maximum absolute atomic E-state index is 13.3. The molecule has 1 aliphatic rings. The SMILES string of the molecule is FC(=C(F)C1(F)OC(F)(F)C(F)(F)C1(F)F)C(F)(F)C(F)(F)F. The van der Waals surface area contributed by atoms with Crippen molar-refractivity contribution < 1.29 is 66.2 Å². The first-order valence-electron chi connectivity index (χ1n) is 4.80. The van der Waals surface area contributed by atoms with Gasteiger partial charge >= 0.3 is 35.9 Å². The summed E-state index contributed by atoms with van der Waals surface area (Å²) in [5.41, 5.74) is 0. The van der Waals surface area contributed by atoms with Crippen LogP contribution in [0, 0.1) is 0 Å². The first kappa shape index (κ1) is 19.8. The van der Waals surface area contributed by atoms with Crippen molar-refractivity contribution >= 4 is 0 Å². The van der Waals surface area contributed by atoms with Crippen molar-refractivity contribution in [2.45, 2.75) is 35.9 Å². The minimum atomic E-state index is -7.02. The standard InChI is InChI=1S/C8F14O/c9-1(3(11,12)7(18,19)20)2(10)4(13)5(14,15)6(16,17)8(21,22)23-4. The van der Waals surface area contributed by atoms with Crippen molar-refractivity contribution in [2.24, 2.45) is 0 Å². The summed E-state index contributed by atoms with van der Waals surface area (Å²) < 4.78 is 177. The van der Waals surface area contributed by atoms with Gasteiger partial charge in [-0.2, -0.15) is 52.7 Å². The van der Waals surface area contributed by atoms with Crippen molar-refractivity contribution in [3.8, 4) is 0 Å². The van der Waals surface area contributed by atoms with Crippen molar-refractivity contribution in [1.82, 2.24) is 0 Å². The molecule has 0 saturated carbocycles. The van der Waals surface area contributed by atoms with E-state index in [1.807, 2.05) is 4.74 Å². The van der Waals surface area contributed by atoms with Gasteiger partial charge in [-0.15, -0.1) is 0 Å². The van der Waals surface area contributed by atoms with Gasteiger partial charge in [-0.05, 0) is 0 Å². The molecule has 0 aromatic heterocycles. The molecule has 0 N–H and O–H groups in total. The van der Waals surface area contributed by atoms with Gasteiger partial charge in [0.2, 0.25) is 11.7 Å². The Bertz CT molecular complexity index is 529. The summed E-state index contributed by atoms with van der Waals surface area (Å²) in [5, 5.41) is 0. The second-order valence-corrected chi connectivity index (χ2v) is 4.06. The van der Waals surface area contributed by atoms with Crippen LogP contribution in [0.15, 0.2) is 11.7 Å². The number of allylic oxidation sites excluding steroid dienone is 1. The molecule has 136 valence electrons. The van der Waals surface area contributed by atoms with Gasteiger partial charge in [0.15, 0.2) is 0 Å². The Morgan fingerprint density at radius 2 is 1.09 bits per heavy atom. The maximum atomic E-state index is 13.3. The number of alkyl halides is 12. The smallest absolute Gasteiger partial charge is 0.266 e. The van der Waals surface area contributed by atoms with E-state index in [1.54, 1.807) is 0 Å². The maximum Gasteiger partial charge on any atom is 0.460 e. The summed E-state index contributed by atoms with van der Waals surface area (Å²) in [6, 6.07) is 0. The van der Waals surface area contributed by atoms with Gasteiger partial charge in [-0.25, -0.2) is 8.78 Å². The lowest BCUT2D eigenvalue weighted by atomic mass is 10.0. The molecule has 1 atom stereocenters. The molecular weight excluding hydrogens is 378 g/mol. The molecule has 0 spiro atoms. The third kappa shape index (κ3) is 2.26. The zero-order valence-corrected chi connectivity index (χ0v) is 9.70. The molecule has 1 heterocycles. The number of halogens is 14. The van der Waals surface area contributed by atoms with Crippen LogP contribution in [-0.2, 0) is 4.74 Å². The van der Waals surface area contributed by atoms with Crippen LogP contribution in [0.25, 0.3) is 0 Å². The van der Waals surface area contributed by atoms with Gasteiger partial charge in [0.1, 0.15) is 0 Å². The Balaban J connectivity index is 3.60. The second-order valence-electron chi connectivity index (χ2n) is 4.06. The van der Waals surface area contributed by atoms with Crippen molar-refractivity contribution in [2.75, 3.05) is 0 Å². The lowest BCUT2D eigenvalue weighted by Gasteiger charge is -2.26. The Morgan fingerprint density at radius 3 is 1.35 bits per heavy atom. The van der Waals surface area contributed by atoms with Crippen LogP contribution in [0.4, 0.5) is 61.5 Å². The Hall–Kier alpha value is -1.28. The van der Waals surface area contributed by atoms with Gasteiger partial charge in [0.05, 0.1) is 0 Å². The van der Waals surface area contributed by atoms with Crippen LogP contribution in [0.1, 0.15) is 0 Å². The van der Waals surface area contributed by atoms with E-state index in [0.29, 0.717) is 0 Å². The first-order chi connectivity index (χ1) is 9.77. The van der Waals surface area contributed by atoms with Gasteiger partial charge in [0, 0.05) is 0 Å². The number of rotatable bonds is 2. The molecule has 1 rings (SSSR count). The minimum Gasteiger partial charge on any atom is -0.266 e. The minimum absolute atomic E-state index is 1.98. The van der Waals surface area contributed by atoms with E-state index in [4.69, 9.17) is 0 Å². The number of hydrogen-bond acceptors (Lipinski definition) is 1. The second kappa shape index (κ2) is 4.63. The Kier molecular flexibility index (Phi) is 3.98. The van der Waals surface area contributed by atoms with Crippen molar-refractivity contribution in [3.63, 3.8) is 0 Å². The van der Waals surface area contributed by atoms with Crippen LogP contribution >= 0.6 is 0 Å². The monoisotopic (exact) mass is 378 g/mol. The lowest BCUT2D eigenvalue weighted by molar-refractivity contribution is -0.335. The highest BCUT2D eigenvalue weighted by molar-refractivity contribution is 5.26. The summed E-state index contributed by atoms with van der Waals surface area (Å²) >= 11 is 0. The van der Waals surface area contributed by atoms with Gasteiger partial charge in [-0.3, -0.25) is 4.74 Å². The molecule has 0 aromatic carbocycles. The largest absolute Gasteiger partial charge is 0.460 e. The molecule has 1 unspecified atom stereocenters. The van der Waals surface area contributed by atoms with Crippen LogP contribution in [-0.4, -0.2) is 35.9 Å². The quantitative estimate of drug-likeness (QED) is 0.622. The fraction of sp³-hybridized carbons (Fsp3) is 0.750. The van der Waals surface area contributed by atoms with Crippen LogP contribution in [0.5, 0.6) is 0 Å². The average molecular weight is 378 g/mol. The van der Waals surface area contributed by atoms with Crippen molar-refractivity contribution in [3.05, 3.63) is 11.7 Å². The van der Waals surface area contributed by atoms with Crippen LogP contribution < -0.4 is 0 Å². The predicted molar refractivity (Wildman–Crippen MR) is 40.0 cm³/mol. The molecule has 0 amide bonds. The summed E-state index contributed by atoms with van der Waals surface area (Å²) in [5.74, 6) is -36.8. The summed E-state index contributed by atoms with van der Waals surface area (Å²) in [6.45, 7) is 0. The van der Waals surface area contributed by atoms with E-state index in [2.05, 4.69) is 0 Å². The molecule has 1 aliphatic heterocycles. The molecule has 15 heteroatoms. The van der Waals surface area contributed by atoms with E-state index < -0.39 is 47.6 Å². The summed E-state index contributed by atoms with van der Waals surface area (Å²) in [4.78, 5) is 0. The van der Waals surface area contributed by atoms with E-state index in [-0.39, 0.29) is 0 Å². The summed E-state index contributed by atoms with van der Waals surface area (Å²) in [7, 11) is 0. The van der Waals surface area contributed by atoms with Gasteiger partial charge in [-0.1, -0.05) is 0 Å². The molecule has 1 nitrogen and oxygen atoms in total. The van der Waals surface area contributed by atoms with E-state index in [0.717, 1.165) is 0 Å². The molecule has 0 aromatic rings. The van der Waals surface area contributed by atoms with Crippen LogP contribution in [0.3, 0.4) is 0 Å². The summed E-state index contributed by atoms with van der Waals surface area (Å²) in [6.07, 6.45) is -13.6. The highest BCUT2D eigenvalue weighted by atomic mass is 19.4. The highest BCUT2D eigenvalue weighted by Crippen LogP contribution is 2.64. The van der Waals surface area contributed by atoms with Crippen LogP contribution in [0.2, 0.25) is 0 Å². The highest BCUT2D eigenvalue weighted by Gasteiger charge is 2.91. The van der Waals surface area contributed by atoms with Crippen molar-refractivity contribution in [1.29, 1.82) is 0 Å². The molecular formula is C8F14O. The molecule has 0 radical (unpaired) electrons. The third-order valence-corrected chi connectivity index (χ3v) is 2.54. The Labute approximate surface area is 115 Å². The average Bonchev–Trinajstić information content (AvgIpc) is 2.42. The normalized spacial score (nSPS) is 31.0. The molecule has 23 heavy (non-hydrogen) atoms. The van der Waals surface area contributed by atoms with E-state index in [1.165, 1.54) is 0 Å². The fourth-order valence-corrected chi connectivity index (χ4v) is 1.28. The molecule has 0 aliphatic carbocycles. The molecule has 1 fully saturated rings. The van der Waals surface area contributed by atoms with Gasteiger partial charge in [0.25, 0.3) is 0 Å². The Morgan fingerprint density at radius 1 is 0.696 bits per heavy atom. The van der Waals surface area contributed by atoms with E-state index >= 15 is 0 Å². The zero-order valence-electron chi connectivity index (χ0n) is 9.70. The fourth-order valence-electron chi connectivity index (χ4n) is 1.28. The molecule has 1 saturated heterocycles. The van der Waals surface area contributed by atoms with E-state index in [9.17, 15) is 61.5 Å². The van der Waals surface area contributed by atoms with Gasteiger partial charge < -0.3 is 0 Å². The topological polar surface area (TPSA) is 9.23 Å². The third-order valence-electron chi connectivity index (χ3n) is 2.54. The predicted octanol–water partition coefficient (Wildman–Crippen LogP) is 4.89. The molecule has 0 bridgehead atoms. The number of hydrogen-bond donors (Lipinski definition) is 0. The lowest BCUT2D eigenvalue weighted by Crippen LogP contribution is -2.53. The first-order valence-corrected chi connectivity index (χ1v) is 4.80. The number of ether oxygens (including phenoxy) is 1. The zero-order chi connectivity index (χ0) is 18.9.